The average molecular weight is 400 g/mol. The molecule has 0 bridgehead atoms. The van der Waals surface area contributed by atoms with Gasteiger partial charge in [0.05, 0.1) is 6.10 Å². The van der Waals surface area contributed by atoms with Crippen molar-refractivity contribution in [1.29, 1.82) is 0 Å². The quantitative estimate of drug-likeness (QED) is 0.484. The molecule has 6 nitrogen and oxygen atoms in total. The Morgan fingerprint density at radius 1 is 1.19 bits per heavy atom. The van der Waals surface area contributed by atoms with Crippen LogP contribution in [0, 0.1) is 0 Å². The zero-order chi connectivity index (χ0) is 19.2. The van der Waals surface area contributed by atoms with Crippen molar-refractivity contribution in [3.05, 3.63) is 64.7 Å². The fraction of sp³-hybridized carbons (Fsp3) is 0.333. The molecule has 0 amide bonds. The molecule has 0 radical (unpaired) electrons. The SMILES string of the molecule is C[C@H](Cc1ccc(OCP(=O)(O)O)cc1)NC[C@H](O)c1cccc(Cl)c1. The lowest BCUT2D eigenvalue weighted by molar-refractivity contribution is 0.170. The molecule has 26 heavy (non-hydrogen) atoms. The number of aliphatic hydroxyl groups excluding tert-OH is 1. The molecule has 2 aromatic carbocycles. The molecule has 0 saturated heterocycles. The highest BCUT2D eigenvalue weighted by atomic mass is 35.5. The Morgan fingerprint density at radius 2 is 1.88 bits per heavy atom. The first-order valence-corrected chi connectivity index (χ1v) is 10.3. The maximum atomic E-state index is 10.8. The van der Waals surface area contributed by atoms with Crippen LogP contribution in [0.2, 0.25) is 5.02 Å². The molecule has 0 saturated carbocycles. The molecule has 2 rings (SSSR count). The van der Waals surface area contributed by atoms with Crippen molar-refractivity contribution in [2.75, 3.05) is 12.9 Å². The van der Waals surface area contributed by atoms with Gasteiger partial charge >= 0.3 is 7.60 Å². The Morgan fingerprint density at radius 3 is 2.50 bits per heavy atom. The highest BCUT2D eigenvalue weighted by molar-refractivity contribution is 7.51. The monoisotopic (exact) mass is 399 g/mol. The molecular weight excluding hydrogens is 377 g/mol. The van der Waals surface area contributed by atoms with Gasteiger partial charge in [0.1, 0.15) is 5.75 Å². The van der Waals surface area contributed by atoms with E-state index in [4.69, 9.17) is 26.1 Å². The van der Waals surface area contributed by atoms with Gasteiger partial charge in [-0.3, -0.25) is 4.57 Å². The molecule has 0 heterocycles. The fourth-order valence-corrected chi connectivity index (χ4v) is 2.97. The number of aliphatic hydroxyl groups is 1. The van der Waals surface area contributed by atoms with E-state index in [9.17, 15) is 9.67 Å². The van der Waals surface area contributed by atoms with E-state index in [1.807, 2.05) is 25.1 Å². The van der Waals surface area contributed by atoms with E-state index in [0.717, 1.165) is 17.5 Å². The second kappa shape index (κ2) is 9.51. The Hall–Kier alpha value is -1.40. The summed E-state index contributed by atoms with van der Waals surface area (Å²) in [6.45, 7) is 2.42. The van der Waals surface area contributed by atoms with Gasteiger partial charge in [-0.1, -0.05) is 35.9 Å². The second-order valence-electron chi connectivity index (χ2n) is 6.17. The van der Waals surface area contributed by atoms with Gasteiger partial charge in [0.2, 0.25) is 0 Å². The van der Waals surface area contributed by atoms with Crippen LogP contribution in [0.1, 0.15) is 24.2 Å². The van der Waals surface area contributed by atoms with Crippen molar-refractivity contribution in [2.45, 2.75) is 25.5 Å². The van der Waals surface area contributed by atoms with E-state index < -0.39 is 20.0 Å². The van der Waals surface area contributed by atoms with Crippen LogP contribution >= 0.6 is 19.2 Å². The smallest absolute Gasteiger partial charge is 0.362 e. The van der Waals surface area contributed by atoms with Crippen LogP contribution in [-0.4, -0.2) is 33.8 Å². The third-order valence-electron chi connectivity index (χ3n) is 3.76. The summed E-state index contributed by atoms with van der Waals surface area (Å²) in [5, 5.41) is 14.1. The number of benzene rings is 2. The van der Waals surface area contributed by atoms with Crippen molar-refractivity contribution >= 4 is 19.2 Å². The molecule has 8 heteroatoms. The van der Waals surface area contributed by atoms with E-state index in [-0.39, 0.29) is 6.04 Å². The van der Waals surface area contributed by atoms with Crippen LogP contribution in [0.25, 0.3) is 0 Å². The lowest BCUT2D eigenvalue weighted by Gasteiger charge is -2.18. The first-order valence-electron chi connectivity index (χ1n) is 8.16. The van der Waals surface area contributed by atoms with Crippen LogP contribution < -0.4 is 10.1 Å². The van der Waals surface area contributed by atoms with Crippen LogP contribution in [0.15, 0.2) is 48.5 Å². The van der Waals surface area contributed by atoms with Crippen LogP contribution in [0.3, 0.4) is 0 Å². The van der Waals surface area contributed by atoms with Crippen molar-refractivity contribution in [3.63, 3.8) is 0 Å². The molecule has 0 spiro atoms. The lowest BCUT2D eigenvalue weighted by Crippen LogP contribution is -2.32. The van der Waals surface area contributed by atoms with E-state index in [1.54, 1.807) is 30.3 Å². The molecule has 0 aliphatic rings. The number of halogens is 1. The minimum atomic E-state index is -4.18. The van der Waals surface area contributed by atoms with Crippen LogP contribution in [-0.2, 0) is 11.0 Å². The highest BCUT2D eigenvalue weighted by Crippen LogP contribution is 2.34. The Bertz CT molecular complexity index is 750. The summed E-state index contributed by atoms with van der Waals surface area (Å²) < 4.78 is 15.8. The summed E-state index contributed by atoms with van der Waals surface area (Å²) in [6, 6.07) is 14.3. The summed E-state index contributed by atoms with van der Waals surface area (Å²) >= 11 is 5.93. The normalized spacial score (nSPS) is 14.0. The summed E-state index contributed by atoms with van der Waals surface area (Å²) in [6.07, 6.45) is -0.535. The van der Waals surface area contributed by atoms with Gasteiger partial charge in [0, 0.05) is 17.6 Å². The maximum absolute atomic E-state index is 10.8. The topological polar surface area (TPSA) is 99.0 Å². The Labute approximate surface area is 157 Å². The number of hydrogen-bond acceptors (Lipinski definition) is 4. The van der Waals surface area contributed by atoms with Crippen LogP contribution in [0.5, 0.6) is 5.75 Å². The first kappa shape index (κ1) is 20.9. The number of ether oxygens (including phenoxy) is 1. The molecule has 142 valence electrons. The predicted octanol–water partition coefficient (Wildman–Crippen LogP) is 3.11. The zero-order valence-electron chi connectivity index (χ0n) is 14.4. The van der Waals surface area contributed by atoms with Gasteiger partial charge < -0.3 is 24.9 Å². The van der Waals surface area contributed by atoms with E-state index in [0.29, 0.717) is 17.3 Å². The average Bonchev–Trinajstić information content (AvgIpc) is 2.58. The molecule has 0 aliphatic carbocycles. The maximum Gasteiger partial charge on any atom is 0.362 e. The molecular formula is C18H23ClNO5P. The van der Waals surface area contributed by atoms with Gasteiger partial charge in [-0.2, -0.15) is 0 Å². The van der Waals surface area contributed by atoms with Gasteiger partial charge in [-0.25, -0.2) is 0 Å². The summed E-state index contributed by atoms with van der Waals surface area (Å²) in [4.78, 5) is 17.6. The number of nitrogens with one attached hydrogen (secondary N) is 1. The van der Waals surface area contributed by atoms with Crippen molar-refractivity contribution in [1.82, 2.24) is 5.32 Å². The summed E-state index contributed by atoms with van der Waals surface area (Å²) in [7, 11) is -4.18. The molecule has 0 aliphatic heterocycles. The first-order chi connectivity index (χ1) is 12.2. The number of rotatable bonds is 9. The van der Waals surface area contributed by atoms with Crippen molar-refractivity contribution in [3.8, 4) is 5.75 Å². The second-order valence-corrected chi connectivity index (χ2v) is 8.19. The van der Waals surface area contributed by atoms with Crippen LogP contribution in [0.4, 0.5) is 0 Å². The summed E-state index contributed by atoms with van der Waals surface area (Å²) in [5.74, 6) is 0.411. The Balaban J connectivity index is 1.80. The van der Waals surface area contributed by atoms with Gasteiger partial charge in [0.25, 0.3) is 0 Å². The third kappa shape index (κ3) is 7.46. The zero-order valence-corrected chi connectivity index (χ0v) is 16.0. The van der Waals surface area contributed by atoms with E-state index >= 15 is 0 Å². The Kier molecular flexibility index (Phi) is 7.65. The third-order valence-corrected chi connectivity index (χ3v) is 4.46. The minimum Gasteiger partial charge on any atom is -0.481 e. The predicted molar refractivity (Wildman–Crippen MR) is 102 cm³/mol. The fourth-order valence-electron chi connectivity index (χ4n) is 2.45. The molecule has 0 fully saturated rings. The summed E-state index contributed by atoms with van der Waals surface area (Å²) in [5.41, 5.74) is 1.81. The van der Waals surface area contributed by atoms with Gasteiger partial charge in [-0.15, -0.1) is 0 Å². The highest BCUT2D eigenvalue weighted by Gasteiger charge is 2.14. The molecule has 2 atom stereocenters. The number of hydrogen-bond donors (Lipinski definition) is 4. The molecule has 4 N–H and O–H groups in total. The van der Waals surface area contributed by atoms with Crippen molar-refractivity contribution < 1.29 is 24.2 Å². The molecule has 0 unspecified atom stereocenters. The van der Waals surface area contributed by atoms with E-state index in [2.05, 4.69) is 5.32 Å². The minimum absolute atomic E-state index is 0.130. The lowest BCUT2D eigenvalue weighted by atomic mass is 10.1. The molecule has 2 aromatic rings. The van der Waals surface area contributed by atoms with E-state index in [1.165, 1.54) is 0 Å². The molecule has 0 aromatic heterocycles. The van der Waals surface area contributed by atoms with Gasteiger partial charge in [0.15, 0.2) is 6.35 Å². The van der Waals surface area contributed by atoms with Gasteiger partial charge in [-0.05, 0) is 48.7 Å². The largest absolute Gasteiger partial charge is 0.481 e. The van der Waals surface area contributed by atoms with Crippen molar-refractivity contribution in [2.24, 2.45) is 0 Å². The standard InChI is InChI=1S/C18H23ClNO5P/c1-13(20-11-18(21)15-3-2-4-16(19)10-15)9-14-5-7-17(8-6-14)25-12-26(22,23)24/h2-8,10,13,18,20-21H,9,11-12H2,1H3,(H2,22,23,24)/t13-,18+/m1/s1.